The number of benzene rings is 3. The van der Waals surface area contributed by atoms with E-state index in [1.165, 1.54) is 0 Å². The summed E-state index contributed by atoms with van der Waals surface area (Å²) < 4.78 is 5.77. The van der Waals surface area contributed by atoms with Crippen LogP contribution in [0, 0.1) is 11.3 Å². The average Bonchev–Trinajstić information content (AvgIpc) is 2.73. The second-order valence-electron chi connectivity index (χ2n) is 6.23. The van der Waals surface area contributed by atoms with E-state index in [1.807, 2.05) is 49.4 Å². The Kier molecular flexibility index (Phi) is 4.61. The van der Waals surface area contributed by atoms with Crippen molar-refractivity contribution in [1.29, 1.82) is 5.26 Å². The predicted octanol–water partition coefficient (Wildman–Crippen LogP) is 4.54. The maximum absolute atomic E-state index is 12.4. The molecule has 0 radical (unpaired) electrons. The van der Waals surface area contributed by atoms with Crippen LogP contribution in [-0.4, -0.2) is 16.6 Å². The number of nitrogens with one attached hydrogen (secondary N) is 1. The third kappa shape index (κ3) is 3.12. The molecule has 0 saturated heterocycles. The van der Waals surface area contributed by atoms with Gasteiger partial charge in [0.05, 0.1) is 23.1 Å². The normalized spacial score (nSPS) is 11.5. The number of nitriles is 1. The van der Waals surface area contributed by atoms with Crippen LogP contribution in [-0.2, 0) is 0 Å². The first-order chi connectivity index (χ1) is 13.7. The number of hydrogen-bond acceptors (Lipinski definition) is 4. The van der Waals surface area contributed by atoms with Gasteiger partial charge in [0.1, 0.15) is 11.8 Å². The molecule has 0 aliphatic rings. The fourth-order valence-corrected chi connectivity index (χ4v) is 3.22. The van der Waals surface area contributed by atoms with E-state index in [-0.39, 0.29) is 17.0 Å². The maximum Gasteiger partial charge on any atom is 0.259 e. The molecule has 28 heavy (non-hydrogen) atoms. The van der Waals surface area contributed by atoms with Crippen LogP contribution < -0.4 is 10.3 Å². The van der Waals surface area contributed by atoms with Gasteiger partial charge in [0.15, 0.2) is 5.82 Å². The van der Waals surface area contributed by atoms with Crippen molar-refractivity contribution in [2.45, 2.75) is 6.92 Å². The third-order valence-corrected chi connectivity index (χ3v) is 4.51. The summed E-state index contributed by atoms with van der Waals surface area (Å²) in [5.74, 6) is 0.915. The summed E-state index contributed by atoms with van der Waals surface area (Å²) in [5.41, 5.74) is 1.32. The average molecular weight is 367 g/mol. The highest BCUT2D eigenvalue weighted by Crippen LogP contribution is 2.31. The standard InChI is InChI=1S/C23H17N3O2/c1-2-28-21-12-11-15-7-3-4-8-17(15)19(21)13-16(14-24)22-25-20-10-6-5-9-18(20)23(27)26-22/h3-13H,2H2,1H3,(H,25,26,27)/b16-13+. The Hall–Kier alpha value is -3.91. The third-order valence-electron chi connectivity index (χ3n) is 4.51. The molecule has 1 heterocycles. The van der Waals surface area contributed by atoms with E-state index in [0.717, 1.165) is 16.3 Å². The Bertz CT molecular complexity index is 1310. The van der Waals surface area contributed by atoms with E-state index in [1.54, 1.807) is 24.3 Å². The molecule has 0 aliphatic carbocycles. The topological polar surface area (TPSA) is 78.8 Å². The molecule has 0 saturated carbocycles. The lowest BCUT2D eigenvalue weighted by atomic mass is 10.0. The number of allylic oxidation sites excluding steroid dienone is 1. The lowest BCUT2D eigenvalue weighted by Gasteiger charge is -2.11. The first-order valence-corrected chi connectivity index (χ1v) is 8.97. The monoisotopic (exact) mass is 367 g/mol. The van der Waals surface area contributed by atoms with Gasteiger partial charge >= 0.3 is 0 Å². The maximum atomic E-state index is 12.4. The molecule has 136 valence electrons. The number of H-pyrrole nitrogens is 1. The molecule has 0 bridgehead atoms. The smallest absolute Gasteiger partial charge is 0.259 e. The summed E-state index contributed by atoms with van der Waals surface area (Å²) in [6.45, 7) is 2.42. The van der Waals surface area contributed by atoms with E-state index in [0.29, 0.717) is 23.3 Å². The van der Waals surface area contributed by atoms with Crippen molar-refractivity contribution in [2.24, 2.45) is 0 Å². The highest BCUT2D eigenvalue weighted by Gasteiger charge is 2.12. The fraction of sp³-hybridized carbons (Fsp3) is 0.0870. The first kappa shape index (κ1) is 17.5. The number of aromatic amines is 1. The molecule has 4 rings (SSSR count). The molecular weight excluding hydrogens is 350 g/mol. The van der Waals surface area contributed by atoms with Crippen LogP contribution in [0.3, 0.4) is 0 Å². The van der Waals surface area contributed by atoms with Crippen molar-refractivity contribution < 1.29 is 4.74 Å². The molecule has 4 aromatic rings. The minimum Gasteiger partial charge on any atom is -0.493 e. The van der Waals surface area contributed by atoms with Gasteiger partial charge in [-0.2, -0.15) is 5.26 Å². The number of hydrogen-bond donors (Lipinski definition) is 1. The van der Waals surface area contributed by atoms with Gasteiger partial charge in [0.2, 0.25) is 0 Å². The lowest BCUT2D eigenvalue weighted by molar-refractivity contribution is 0.340. The minimum absolute atomic E-state index is 0.238. The summed E-state index contributed by atoms with van der Waals surface area (Å²) in [6, 6.07) is 21.0. The first-order valence-electron chi connectivity index (χ1n) is 8.97. The molecule has 0 atom stereocenters. The lowest BCUT2D eigenvalue weighted by Crippen LogP contribution is -2.11. The van der Waals surface area contributed by atoms with Crippen molar-refractivity contribution in [3.63, 3.8) is 0 Å². The van der Waals surface area contributed by atoms with Gasteiger partial charge in [-0.05, 0) is 42.0 Å². The SMILES string of the molecule is CCOc1ccc2ccccc2c1/C=C(\C#N)c1nc2ccccc2c(=O)[nH]1. The van der Waals surface area contributed by atoms with Gasteiger partial charge in [-0.1, -0.05) is 42.5 Å². The second-order valence-corrected chi connectivity index (χ2v) is 6.23. The Morgan fingerprint density at radius 1 is 1.11 bits per heavy atom. The zero-order valence-corrected chi connectivity index (χ0v) is 15.3. The van der Waals surface area contributed by atoms with Gasteiger partial charge in [0, 0.05) is 5.56 Å². The largest absolute Gasteiger partial charge is 0.493 e. The zero-order valence-electron chi connectivity index (χ0n) is 15.3. The van der Waals surface area contributed by atoms with Crippen LogP contribution in [0.5, 0.6) is 5.75 Å². The quantitative estimate of drug-likeness (QED) is 0.537. The summed E-state index contributed by atoms with van der Waals surface area (Å²) in [7, 11) is 0. The van der Waals surface area contributed by atoms with Crippen molar-refractivity contribution in [3.05, 3.63) is 82.4 Å². The van der Waals surface area contributed by atoms with Crippen LogP contribution in [0.15, 0.2) is 65.5 Å². The summed E-state index contributed by atoms with van der Waals surface area (Å²) in [5, 5.41) is 12.3. The van der Waals surface area contributed by atoms with Crippen LogP contribution in [0.4, 0.5) is 0 Å². The Morgan fingerprint density at radius 2 is 1.86 bits per heavy atom. The van der Waals surface area contributed by atoms with Crippen molar-refractivity contribution in [1.82, 2.24) is 9.97 Å². The second kappa shape index (κ2) is 7.37. The number of nitrogens with zero attached hydrogens (tertiary/aromatic N) is 2. The molecule has 0 aliphatic heterocycles. The van der Waals surface area contributed by atoms with Crippen LogP contribution in [0.1, 0.15) is 18.3 Å². The number of rotatable bonds is 4. The number of para-hydroxylation sites is 1. The summed E-state index contributed by atoms with van der Waals surface area (Å²) in [4.78, 5) is 19.6. The fourth-order valence-electron chi connectivity index (χ4n) is 3.22. The Labute approximate surface area is 161 Å². The number of fused-ring (bicyclic) bond motifs is 2. The zero-order chi connectivity index (χ0) is 19.5. The molecule has 0 spiro atoms. The highest BCUT2D eigenvalue weighted by molar-refractivity contribution is 5.99. The minimum atomic E-state index is -0.273. The van der Waals surface area contributed by atoms with Gasteiger partial charge in [-0.15, -0.1) is 0 Å². The van der Waals surface area contributed by atoms with E-state index in [2.05, 4.69) is 16.0 Å². The Morgan fingerprint density at radius 3 is 2.64 bits per heavy atom. The van der Waals surface area contributed by atoms with Crippen LogP contribution in [0.25, 0.3) is 33.3 Å². The number of ether oxygens (including phenoxy) is 1. The molecular formula is C23H17N3O2. The number of aromatic nitrogens is 2. The van der Waals surface area contributed by atoms with Gasteiger partial charge in [0.25, 0.3) is 5.56 Å². The molecule has 1 N–H and O–H groups in total. The molecule has 5 heteroatoms. The van der Waals surface area contributed by atoms with E-state index < -0.39 is 0 Å². The van der Waals surface area contributed by atoms with Crippen molar-refractivity contribution in [2.75, 3.05) is 6.61 Å². The van der Waals surface area contributed by atoms with Crippen molar-refractivity contribution >= 4 is 33.3 Å². The molecule has 1 aromatic heterocycles. The van der Waals surface area contributed by atoms with E-state index in [4.69, 9.17) is 4.74 Å². The van der Waals surface area contributed by atoms with Crippen LogP contribution in [0.2, 0.25) is 0 Å². The van der Waals surface area contributed by atoms with Gasteiger partial charge < -0.3 is 9.72 Å². The van der Waals surface area contributed by atoms with E-state index >= 15 is 0 Å². The predicted molar refractivity (Wildman–Crippen MR) is 111 cm³/mol. The summed E-state index contributed by atoms with van der Waals surface area (Å²) >= 11 is 0. The molecule has 0 amide bonds. The van der Waals surface area contributed by atoms with Crippen LogP contribution >= 0.6 is 0 Å². The molecule has 0 fully saturated rings. The van der Waals surface area contributed by atoms with Gasteiger partial charge in [-0.25, -0.2) is 4.98 Å². The molecule has 5 nitrogen and oxygen atoms in total. The van der Waals surface area contributed by atoms with Gasteiger partial charge in [-0.3, -0.25) is 4.79 Å². The molecule has 0 unspecified atom stereocenters. The summed E-state index contributed by atoms with van der Waals surface area (Å²) in [6.07, 6.45) is 1.72. The Balaban J connectivity index is 1.96. The van der Waals surface area contributed by atoms with Crippen molar-refractivity contribution in [3.8, 4) is 11.8 Å². The molecule has 3 aromatic carbocycles. The van der Waals surface area contributed by atoms with E-state index in [9.17, 15) is 10.1 Å². The highest BCUT2D eigenvalue weighted by atomic mass is 16.5.